The zero-order chi connectivity index (χ0) is 17.5. The summed E-state index contributed by atoms with van der Waals surface area (Å²) >= 11 is 0. The molecule has 0 bridgehead atoms. The monoisotopic (exact) mass is 320 g/mol. The fourth-order valence-corrected chi connectivity index (χ4v) is 2.48. The lowest BCUT2D eigenvalue weighted by atomic mass is 10.0. The maximum Gasteiger partial charge on any atom is 0.119 e. The Bertz CT molecular complexity index is 758. The third-order valence-corrected chi connectivity index (χ3v) is 3.93. The van der Waals surface area contributed by atoms with Crippen molar-refractivity contribution in [3.05, 3.63) is 72.4 Å². The second-order valence-electron chi connectivity index (χ2n) is 5.51. The number of nitrogens with zero attached hydrogens (tertiary/aromatic N) is 2. The van der Waals surface area contributed by atoms with Crippen LogP contribution in [0.2, 0.25) is 0 Å². The number of ether oxygens (including phenoxy) is 1. The van der Waals surface area contributed by atoms with Crippen LogP contribution in [0.15, 0.2) is 66.3 Å². The number of methoxy groups -OCH3 is 1. The van der Waals surface area contributed by atoms with Crippen molar-refractivity contribution in [3.8, 4) is 5.75 Å². The van der Waals surface area contributed by atoms with Gasteiger partial charge >= 0.3 is 0 Å². The van der Waals surface area contributed by atoms with Gasteiger partial charge in [0.15, 0.2) is 0 Å². The van der Waals surface area contributed by atoms with Crippen LogP contribution in [0, 0.1) is 6.92 Å². The molecule has 0 aliphatic carbocycles. The van der Waals surface area contributed by atoms with Crippen LogP contribution >= 0.6 is 0 Å². The first kappa shape index (κ1) is 17.5. The molecule has 24 heavy (non-hydrogen) atoms. The SMILES string of the molecule is C=CN(c1ccc(OC)cc1)c1cc(/C(C)=C/C=N\C)ccc1C. The third kappa shape index (κ3) is 3.93. The summed E-state index contributed by atoms with van der Waals surface area (Å²) in [7, 11) is 3.44. The number of rotatable bonds is 6. The van der Waals surface area contributed by atoms with Gasteiger partial charge in [-0.3, -0.25) is 4.99 Å². The molecule has 0 heterocycles. The molecule has 0 unspecified atom stereocenters. The van der Waals surface area contributed by atoms with E-state index in [9.17, 15) is 0 Å². The van der Waals surface area contributed by atoms with Gasteiger partial charge in [-0.15, -0.1) is 0 Å². The summed E-state index contributed by atoms with van der Waals surface area (Å²) in [5.74, 6) is 0.839. The molecule has 0 saturated carbocycles. The van der Waals surface area contributed by atoms with E-state index in [4.69, 9.17) is 4.74 Å². The number of hydrogen-bond donors (Lipinski definition) is 0. The van der Waals surface area contributed by atoms with Crippen LogP contribution in [0.1, 0.15) is 18.1 Å². The van der Waals surface area contributed by atoms with Gasteiger partial charge in [-0.1, -0.05) is 18.7 Å². The van der Waals surface area contributed by atoms with E-state index in [1.165, 1.54) is 11.1 Å². The Morgan fingerprint density at radius 3 is 2.46 bits per heavy atom. The minimum atomic E-state index is 0.839. The van der Waals surface area contributed by atoms with Gasteiger partial charge in [0.25, 0.3) is 0 Å². The highest BCUT2D eigenvalue weighted by Crippen LogP contribution is 2.32. The maximum atomic E-state index is 5.24. The highest BCUT2D eigenvalue weighted by molar-refractivity contribution is 5.85. The van der Waals surface area contributed by atoms with Gasteiger partial charge in [-0.2, -0.15) is 0 Å². The molecule has 0 aliphatic rings. The summed E-state index contributed by atoms with van der Waals surface area (Å²) in [6.07, 6.45) is 5.66. The van der Waals surface area contributed by atoms with Crippen molar-refractivity contribution in [3.63, 3.8) is 0 Å². The second kappa shape index (κ2) is 8.16. The summed E-state index contributed by atoms with van der Waals surface area (Å²) < 4.78 is 5.24. The molecular weight excluding hydrogens is 296 g/mol. The average molecular weight is 320 g/mol. The lowest BCUT2D eigenvalue weighted by molar-refractivity contribution is 0.415. The van der Waals surface area contributed by atoms with E-state index in [-0.39, 0.29) is 0 Å². The summed E-state index contributed by atoms with van der Waals surface area (Å²) in [4.78, 5) is 6.10. The standard InChI is InChI=1S/C21H24N2O/c1-6-23(19-9-11-20(24-5)12-10-19)21-15-18(8-7-17(21)3)16(2)13-14-22-4/h6-15H,1H2,2-5H3/b16-13+,22-14-. The molecule has 2 aromatic rings. The molecule has 0 atom stereocenters. The molecule has 0 saturated heterocycles. The number of aryl methyl sites for hydroxylation is 1. The van der Waals surface area contributed by atoms with Crippen molar-refractivity contribution in [1.82, 2.24) is 0 Å². The second-order valence-corrected chi connectivity index (χ2v) is 5.51. The Morgan fingerprint density at radius 2 is 1.88 bits per heavy atom. The number of benzene rings is 2. The molecule has 2 aromatic carbocycles. The number of allylic oxidation sites excluding steroid dienone is 2. The van der Waals surface area contributed by atoms with Crippen LogP contribution in [-0.4, -0.2) is 20.4 Å². The van der Waals surface area contributed by atoms with Gasteiger partial charge < -0.3 is 9.64 Å². The van der Waals surface area contributed by atoms with Crippen molar-refractivity contribution in [2.75, 3.05) is 19.1 Å². The third-order valence-electron chi connectivity index (χ3n) is 3.93. The molecule has 3 heteroatoms. The zero-order valence-corrected chi connectivity index (χ0v) is 14.8. The van der Waals surface area contributed by atoms with Gasteiger partial charge in [-0.05, 0) is 67.0 Å². The summed E-state index contributed by atoms with van der Waals surface area (Å²) in [6.45, 7) is 8.17. The number of hydrogen-bond acceptors (Lipinski definition) is 3. The Kier molecular flexibility index (Phi) is 5.96. The van der Waals surface area contributed by atoms with Gasteiger partial charge in [0.1, 0.15) is 5.75 Å². The van der Waals surface area contributed by atoms with E-state index in [0.717, 1.165) is 22.7 Å². The number of aliphatic imine (C=N–C) groups is 1. The predicted octanol–water partition coefficient (Wildman–Crippen LogP) is 5.39. The van der Waals surface area contributed by atoms with Crippen LogP contribution in [0.5, 0.6) is 5.75 Å². The Morgan fingerprint density at radius 1 is 1.17 bits per heavy atom. The largest absolute Gasteiger partial charge is 0.497 e. The predicted molar refractivity (Wildman–Crippen MR) is 105 cm³/mol. The lowest BCUT2D eigenvalue weighted by Gasteiger charge is -2.23. The zero-order valence-electron chi connectivity index (χ0n) is 14.8. The molecule has 0 aromatic heterocycles. The summed E-state index contributed by atoms with van der Waals surface area (Å²) in [5, 5.41) is 0. The van der Waals surface area contributed by atoms with Crippen LogP contribution in [0.3, 0.4) is 0 Å². The number of anilines is 2. The van der Waals surface area contributed by atoms with E-state index in [2.05, 4.69) is 48.5 Å². The van der Waals surface area contributed by atoms with E-state index >= 15 is 0 Å². The smallest absolute Gasteiger partial charge is 0.119 e. The first-order valence-corrected chi connectivity index (χ1v) is 7.86. The van der Waals surface area contributed by atoms with E-state index in [0.29, 0.717) is 0 Å². The van der Waals surface area contributed by atoms with Crippen LogP contribution < -0.4 is 9.64 Å². The topological polar surface area (TPSA) is 24.8 Å². The first-order chi connectivity index (χ1) is 11.6. The molecule has 0 N–H and O–H groups in total. The molecule has 0 radical (unpaired) electrons. The molecule has 3 nitrogen and oxygen atoms in total. The van der Waals surface area contributed by atoms with E-state index in [1.54, 1.807) is 14.2 Å². The maximum absolute atomic E-state index is 5.24. The summed E-state index contributed by atoms with van der Waals surface area (Å²) in [6, 6.07) is 14.4. The molecule has 2 rings (SSSR count). The average Bonchev–Trinajstić information content (AvgIpc) is 2.62. The van der Waals surface area contributed by atoms with Crippen molar-refractivity contribution in [2.45, 2.75) is 13.8 Å². The van der Waals surface area contributed by atoms with Crippen LogP contribution in [-0.2, 0) is 0 Å². The van der Waals surface area contributed by atoms with Crippen LogP contribution in [0.25, 0.3) is 5.57 Å². The van der Waals surface area contributed by atoms with E-state index < -0.39 is 0 Å². The normalized spacial score (nSPS) is 11.6. The van der Waals surface area contributed by atoms with Crippen molar-refractivity contribution < 1.29 is 4.74 Å². The fraction of sp³-hybridized carbons (Fsp3) is 0.190. The fourth-order valence-electron chi connectivity index (χ4n) is 2.48. The van der Waals surface area contributed by atoms with Gasteiger partial charge in [0.05, 0.1) is 7.11 Å². The first-order valence-electron chi connectivity index (χ1n) is 7.86. The van der Waals surface area contributed by atoms with Crippen molar-refractivity contribution in [1.29, 1.82) is 0 Å². The molecule has 0 spiro atoms. The quantitative estimate of drug-likeness (QED) is 0.667. The van der Waals surface area contributed by atoms with Crippen LogP contribution in [0.4, 0.5) is 11.4 Å². The molecule has 0 fully saturated rings. The molecule has 124 valence electrons. The minimum Gasteiger partial charge on any atom is -0.497 e. The highest BCUT2D eigenvalue weighted by Gasteiger charge is 2.10. The Labute approximate surface area is 144 Å². The van der Waals surface area contributed by atoms with Gasteiger partial charge in [-0.25, -0.2) is 0 Å². The van der Waals surface area contributed by atoms with Gasteiger partial charge in [0.2, 0.25) is 0 Å². The highest BCUT2D eigenvalue weighted by atomic mass is 16.5. The van der Waals surface area contributed by atoms with Gasteiger partial charge in [0, 0.05) is 30.8 Å². The Hall–Kier alpha value is -2.81. The molecule has 0 amide bonds. The minimum absolute atomic E-state index is 0.839. The molecular formula is C21H24N2O. The lowest BCUT2D eigenvalue weighted by Crippen LogP contribution is -2.09. The van der Waals surface area contributed by atoms with Crippen molar-refractivity contribution >= 4 is 23.2 Å². The van der Waals surface area contributed by atoms with E-state index in [1.807, 2.05) is 42.8 Å². The Balaban J connectivity index is 2.45. The molecule has 0 aliphatic heterocycles. The summed E-state index contributed by atoms with van der Waals surface area (Å²) in [5.41, 5.74) is 5.67. The van der Waals surface area contributed by atoms with Crippen molar-refractivity contribution in [2.24, 2.45) is 4.99 Å².